The summed E-state index contributed by atoms with van der Waals surface area (Å²) in [5.74, 6) is 1.18. The van der Waals surface area contributed by atoms with E-state index in [1.165, 1.54) is 0 Å². The topological polar surface area (TPSA) is 48.3 Å². The third kappa shape index (κ3) is 3.23. The molecule has 0 radical (unpaired) electrons. The maximum atomic E-state index is 6.27. The highest BCUT2D eigenvalue weighted by Gasteiger charge is 2.12. The predicted octanol–water partition coefficient (Wildman–Crippen LogP) is 2.38. The fourth-order valence-corrected chi connectivity index (χ4v) is 2.18. The van der Waals surface area contributed by atoms with Crippen molar-refractivity contribution in [1.82, 2.24) is 14.9 Å². The van der Waals surface area contributed by atoms with Gasteiger partial charge in [-0.2, -0.15) is 0 Å². The molecule has 0 saturated heterocycles. The third-order valence-electron chi connectivity index (χ3n) is 2.95. The maximum Gasteiger partial charge on any atom is 0.180 e. The molecule has 1 aromatic carbocycles. The van der Waals surface area contributed by atoms with Gasteiger partial charge in [-0.15, -0.1) is 0 Å². The summed E-state index contributed by atoms with van der Waals surface area (Å²) in [4.78, 5) is 4.05. The Kier molecular flexibility index (Phi) is 4.87. The lowest BCUT2D eigenvalue weighted by molar-refractivity contribution is 0.277. The van der Waals surface area contributed by atoms with Crippen LogP contribution < -0.4 is 14.8 Å². The predicted molar refractivity (Wildman–Crippen MR) is 78.3 cm³/mol. The van der Waals surface area contributed by atoms with Crippen molar-refractivity contribution in [2.24, 2.45) is 7.05 Å². The Hall–Kier alpha value is -1.72. The highest BCUT2D eigenvalue weighted by atomic mass is 35.5. The van der Waals surface area contributed by atoms with E-state index < -0.39 is 0 Å². The molecule has 5 nitrogen and oxygen atoms in total. The normalized spacial score (nSPS) is 10.6. The van der Waals surface area contributed by atoms with Crippen LogP contribution >= 0.6 is 11.6 Å². The van der Waals surface area contributed by atoms with Gasteiger partial charge in [-0.1, -0.05) is 11.6 Å². The van der Waals surface area contributed by atoms with Gasteiger partial charge in [-0.25, -0.2) is 4.98 Å². The number of ether oxygens (including phenoxy) is 2. The molecular weight excluding hydrogens is 278 g/mol. The molecule has 1 heterocycles. The zero-order valence-corrected chi connectivity index (χ0v) is 12.6. The van der Waals surface area contributed by atoms with Gasteiger partial charge in [0.25, 0.3) is 0 Å². The minimum atomic E-state index is 0.387. The number of methoxy groups -OCH3 is 1. The Balaban J connectivity index is 2.20. The number of nitrogens with zero attached hydrogens (tertiary/aromatic N) is 2. The molecule has 0 bridgehead atoms. The number of hydrogen-bond donors (Lipinski definition) is 1. The van der Waals surface area contributed by atoms with E-state index in [1.54, 1.807) is 19.6 Å². The number of benzene rings is 1. The number of halogens is 1. The molecule has 1 aromatic heterocycles. The van der Waals surface area contributed by atoms with Crippen LogP contribution in [0.4, 0.5) is 0 Å². The lowest BCUT2D eigenvalue weighted by atomic mass is 10.2. The smallest absolute Gasteiger partial charge is 0.180 e. The Morgan fingerprint density at radius 3 is 2.80 bits per heavy atom. The Bertz CT molecular complexity index is 584. The molecule has 0 atom stereocenters. The van der Waals surface area contributed by atoms with E-state index in [-0.39, 0.29) is 0 Å². The van der Waals surface area contributed by atoms with Crippen molar-refractivity contribution in [1.29, 1.82) is 0 Å². The van der Waals surface area contributed by atoms with Crippen molar-refractivity contribution in [2.75, 3.05) is 14.2 Å². The second-order valence-electron chi connectivity index (χ2n) is 4.42. The van der Waals surface area contributed by atoms with Crippen molar-refractivity contribution in [2.45, 2.75) is 13.2 Å². The summed E-state index contributed by atoms with van der Waals surface area (Å²) in [5, 5.41) is 3.62. The standard InChI is InChI=1S/C14H18ClN3O2/c1-16-6-10-4-12(15)14(13(5-10)19-3)20-8-11-7-17-9-18(11)2/h4-5,7,9,16H,6,8H2,1-3H3. The second-order valence-corrected chi connectivity index (χ2v) is 4.83. The summed E-state index contributed by atoms with van der Waals surface area (Å²) in [6.07, 6.45) is 3.49. The largest absolute Gasteiger partial charge is 0.493 e. The van der Waals surface area contributed by atoms with Crippen LogP contribution in [0.1, 0.15) is 11.3 Å². The number of aryl methyl sites for hydroxylation is 1. The first-order valence-corrected chi connectivity index (χ1v) is 6.62. The SMILES string of the molecule is CNCc1cc(Cl)c(OCc2cncn2C)c(OC)c1. The Morgan fingerprint density at radius 2 is 2.20 bits per heavy atom. The number of aromatic nitrogens is 2. The van der Waals surface area contributed by atoms with Crippen LogP contribution in [0, 0.1) is 0 Å². The maximum absolute atomic E-state index is 6.27. The van der Waals surface area contributed by atoms with E-state index in [0.29, 0.717) is 23.1 Å². The minimum absolute atomic E-state index is 0.387. The number of imidazole rings is 1. The summed E-state index contributed by atoms with van der Waals surface area (Å²) in [5.41, 5.74) is 2.00. The number of rotatable bonds is 6. The molecule has 108 valence electrons. The molecule has 0 aliphatic rings. The van der Waals surface area contributed by atoms with Gasteiger partial charge in [0.15, 0.2) is 11.5 Å². The molecule has 1 N–H and O–H groups in total. The van der Waals surface area contributed by atoms with Gasteiger partial charge in [0, 0.05) is 13.6 Å². The quantitative estimate of drug-likeness (QED) is 0.889. The van der Waals surface area contributed by atoms with Crippen LogP contribution in [0.2, 0.25) is 5.02 Å². The molecule has 0 saturated carbocycles. The van der Waals surface area contributed by atoms with Gasteiger partial charge in [0.1, 0.15) is 6.61 Å². The fourth-order valence-electron chi connectivity index (χ4n) is 1.89. The van der Waals surface area contributed by atoms with Crippen molar-refractivity contribution in [3.63, 3.8) is 0 Å². The highest BCUT2D eigenvalue weighted by molar-refractivity contribution is 6.32. The van der Waals surface area contributed by atoms with E-state index in [4.69, 9.17) is 21.1 Å². The van der Waals surface area contributed by atoms with Gasteiger partial charge in [-0.05, 0) is 24.7 Å². The minimum Gasteiger partial charge on any atom is -0.493 e. The molecule has 0 amide bonds. The van der Waals surface area contributed by atoms with E-state index in [0.717, 1.165) is 17.8 Å². The summed E-state index contributed by atoms with van der Waals surface area (Å²) in [6.45, 7) is 1.11. The Labute approximate surface area is 123 Å². The van der Waals surface area contributed by atoms with Crippen LogP contribution in [-0.2, 0) is 20.2 Å². The van der Waals surface area contributed by atoms with E-state index in [2.05, 4.69) is 10.3 Å². The first-order chi connectivity index (χ1) is 9.65. The lowest BCUT2D eigenvalue weighted by Gasteiger charge is -2.14. The van der Waals surface area contributed by atoms with Crippen LogP contribution in [-0.4, -0.2) is 23.7 Å². The van der Waals surface area contributed by atoms with Crippen LogP contribution in [0.25, 0.3) is 0 Å². The van der Waals surface area contributed by atoms with E-state index >= 15 is 0 Å². The van der Waals surface area contributed by atoms with Gasteiger partial charge >= 0.3 is 0 Å². The Morgan fingerprint density at radius 1 is 1.40 bits per heavy atom. The molecule has 0 fully saturated rings. The molecule has 2 rings (SSSR count). The first-order valence-electron chi connectivity index (χ1n) is 6.24. The number of nitrogens with one attached hydrogen (secondary N) is 1. The number of hydrogen-bond acceptors (Lipinski definition) is 4. The molecule has 20 heavy (non-hydrogen) atoms. The van der Waals surface area contributed by atoms with E-state index in [9.17, 15) is 0 Å². The molecule has 0 aliphatic heterocycles. The molecule has 0 aliphatic carbocycles. The molecule has 2 aromatic rings. The third-order valence-corrected chi connectivity index (χ3v) is 3.23. The lowest BCUT2D eigenvalue weighted by Crippen LogP contribution is -2.06. The summed E-state index contributed by atoms with van der Waals surface area (Å²) in [6, 6.07) is 3.79. The van der Waals surface area contributed by atoms with Crippen molar-refractivity contribution >= 4 is 11.6 Å². The van der Waals surface area contributed by atoms with Gasteiger partial charge < -0.3 is 19.4 Å². The molecule has 0 spiro atoms. The van der Waals surface area contributed by atoms with Crippen molar-refractivity contribution in [3.05, 3.63) is 40.9 Å². The van der Waals surface area contributed by atoms with E-state index in [1.807, 2.05) is 30.8 Å². The van der Waals surface area contributed by atoms with Gasteiger partial charge in [-0.3, -0.25) is 0 Å². The molecule has 0 unspecified atom stereocenters. The van der Waals surface area contributed by atoms with Crippen molar-refractivity contribution in [3.8, 4) is 11.5 Å². The zero-order chi connectivity index (χ0) is 14.5. The van der Waals surface area contributed by atoms with Crippen LogP contribution in [0.5, 0.6) is 11.5 Å². The first kappa shape index (κ1) is 14.7. The summed E-state index contributed by atoms with van der Waals surface area (Å²) >= 11 is 6.27. The highest BCUT2D eigenvalue weighted by Crippen LogP contribution is 2.36. The molecular formula is C14H18ClN3O2. The fraction of sp³-hybridized carbons (Fsp3) is 0.357. The summed E-state index contributed by atoms with van der Waals surface area (Å²) in [7, 11) is 5.40. The average molecular weight is 296 g/mol. The monoisotopic (exact) mass is 295 g/mol. The van der Waals surface area contributed by atoms with Gasteiger partial charge in [0.2, 0.25) is 0 Å². The van der Waals surface area contributed by atoms with Gasteiger partial charge in [0.05, 0.1) is 30.4 Å². The molecule has 6 heteroatoms. The summed E-state index contributed by atoms with van der Waals surface area (Å²) < 4.78 is 13.0. The average Bonchev–Trinajstić information content (AvgIpc) is 2.83. The van der Waals surface area contributed by atoms with Crippen LogP contribution in [0.15, 0.2) is 24.7 Å². The second kappa shape index (κ2) is 6.63. The zero-order valence-electron chi connectivity index (χ0n) is 11.8. The van der Waals surface area contributed by atoms with Crippen molar-refractivity contribution < 1.29 is 9.47 Å². The van der Waals surface area contributed by atoms with Crippen LogP contribution in [0.3, 0.4) is 0 Å².